The van der Waals surface area contributed by atoms with Gasteiger partial charge in [-0.05, 0) is 83.5 Å². The minimum absolute atomic E-state index is 0.00468. The maximum absolute atomic E-state index is 16.9. The standard InChI is InChI=1S/C37H48FN3O9/c1-7-9-14-47-24-18-20(23-12-11-13-41(23)35(45)49-36(3,4)5)28(38)21-16-19-17-22-29(39-6)31-27(34(40-50-31)48-15-10-8-2)33(44)37(22,46)32(43)25(19)30(42)26(21)24/h18-19,22-23,29,39,43,46H,7-17H2,1-6H3/t19-,22-,23?,29-,37-/m0/s1. The van der Waals surface area contributed by atoms with E-state index in [1.54, 1.807) is 27.8 Å². The molecule has 3 aliphatic carbocycles. The summed E-state index contributed by atoms with van der Waals surface area (Å²) in [6.07, 6.45) is 3.66. The van der Waals surface area contributed by atoms with Gasteiger partial charge in [0.15, 0.2) is 17.1 Å². The quantitative estimate of drug-likeness (QED) is 0.239. The first-order valence-electron chi connectivity index (χ1n) is 17.8. The van der Waals surface area contributed by atoms with Crippen LogP contribution in [0.15, 0.2) is 21.9 Å². The summed E-state index contributed by atoms with van der Waals surface area (Å²) in [6, 6.07) is 0.0668. The van der Waals surface area contributed by atoms with Crippen LogP contribution in [-0.4, -0.2) is 75.9 Å². The van der Waals surface area contributed by atoms with Crippen molar-refractivity contribution >= 4 is 17.7 Å². The molecule has 1 fully saturated rings. The Morgan fingerprint density at radius 2 is 1.86 bits per heavy atom. The second-order valence-electron chi connectivity index (χ2n) is 14.8. The smallest absolute Gasteiger partial charge is 0.410 e. The molecule has 12 nitrogen and oxygen atoms in total. The van der Waals surface area contributed by atoms with E-state index in [0.717, 1.165) is 12.8 Å². The Kier molecular flexibility index (Phi) is 9.77. The molecule has 3 N–H and O–H groups in total. The maximum Gasteiger partial charge on any atom is 0.410 e. The summed E-state index contributed by atoms with van der Waals surface area (Å²) in [5.74, 6) is -4.46. The van der Waals surface area contributed by atoms with Gasteiger partial charge < -0.3 is 39.2 Å². The zero-order valence-electron chi connectivity index (χ0n) is 29.7. The van der Waals surface area contributed by atoms with Crippen molar-refractivity contribution in [2.45, 2.75) is 109 Å². The second-order valence-corrected chi connectivity index (χ2v) is 14.8. The maximum atomic E-state index is 16.9. The fourth-order valence-electron chi connectivity index (χ4n) is 7.97. The molecule has 2 heterocycles. The van der Waals surface area contributed by atoms with Crippen LogP contribution in [0, 0.1) is 17.7 Å². The molecule has 50 heavy (non-hydrogen) atoms. The molecule has 1 saturated heterocycles. The number of fused-ring (bicyclic) bond motifs is 4. The first kappa shape index (κ1) is 35.8. The molecule has 1 aromatic heterocycles. The highest BCUT2D eigenvalue weighted by Gasteiger charge is 2.63. The number of benzene rings is 1. The number of Topliss-reactive ketones (excluding diaryl/α,β-unsaturated/α-hetero) is 2. The van der Waals surface area contributed by atoms with E-state index < -0.39 is 64.4 Å². The molecule has 0 bridgehead atoms. The number of nitrogens with zero attached hydrogens (tertiary/aromatic N) is 2. The average Bonchev–Trinajstić information content (AvgIpc) is 3.72. The fourth-order valence-corrected chi connectivity index (χ4v) is 7.97. The third kappa shape index (κ3) is 5.85. The number of amides is 1. The molecule has 0 spiro atoms. The predicted molar refractivity (Wildman–Crippen MR) is 179 cm³/mol. The average molecular weight is 698 g/mol. The Morgan fingerprint density at radius 3 is 2.52 bits per heavy atom. The number of ether oxygens (including phenoxy) is 3. The van der Waals surface area contributed by atoms with Crippen LogP contribution in [0.3, 0.4) is 0 Å². The van der Waals surface area contributed by atoms with Crippen molar-refractivity contribution in [3.63, 3.8) is 0 Å². The zero-order chi connectivity index (χ0) is 36.1. The van der Waals surface area contributed by atoms with Crippen LogP contribution < -0.4 is 14.8 Å². The number of halogens is 1. The fraction of sp³-hybridized carbons (Fsp3) is 0.622. The highest BCUT2D eigenvalue weighted by molar-refractivity contribution is 6.16. The summed E-state index contributed by atoms with van der Waals surface area (Å²) >= 11 is 0. The molecule has 0 saturated carbocycles. The minimum atomic E-state index is -2.49. The Balaban J connectivity index is 1.45. The summed E-state index contributed by atoms with van der Waals surface area (Å²) < 4.78 is 40.0. The van der Waals surface area contributed by atoms with Gasteiger partial charge in [0, 0.05) is 29.2 Å². The van der Waals surface area contributed by atoms with Gasteiger partial charge in [-0.2, -0.15) is 0 Å². The summed E-state index contributed by atoms with van der Waals surface area (Å²) in [5.41, 5.74) is -3.15. The van der Waals surface area contributed by atoms with Gasteiger partial charge in [-0.3, -0.25) is 9.59 Å². The number of aliphatic hydroxyl groups excluding tert-OH is 1. The molecule has 2 aromatic rings. The highest BCUT2D eigenvalue weighted by atomic mass is 19.1. The first-order valence-corrected chi connectivity index (χ1v) is 17.8. The van der Waals surface area contributed by atoms with Gasteiger partial charge in [-0.1, -0.05) is 26.7 Å². The van der Waals surface area contributed by atoms with Gasteiger partial charge in [0.05, 0.1) is 30.9 Å². The topological polar surface area (TPSA) is 161 Å². The lowest BCUT2D eigenvalue weighted by Gasteiger charge is -2.48. The molecule has 6 rings (SSSR count). The lowest BCUT2D eigenvalue weighted by molar-refractivity contribution is -0.0396. The van der Waals surface area contributed by atoms with Gasteiger partial charge in [-0.25, -0.2) is 9.18 Å². The summed E-state index contributed by atoms with van der Waals surface area (Å²) in [4.78, 5) is 43.4. The number of carbonyl (C=O) groups is 3. The number of likely N-dealkylation sites (tertiary alicyclic amines) is 1. The molecule has 4 aliphatic rings. The lowest BCUT2D eigenvalue weighted by Crippen LogP contribution is -2.59. The Morgan fingerprint density at radius 1 is 1.16 bits per heavy atom. The van der Waals surface area contributed by atoms with E-state index in [4.69, 9.17) is 18.7 Å². The predicted octanol–water partition coefficient (Wildman–Crippen LogP) is 6.32. The molecule has 1 unspecified atom stereocenters. The molecule has 1 aromatic carbocycles. The van der Waals surface area contributed by atoms with Gasteiger partial charge >= 0.3 is 6.09 Å². The molecule has 1 aliphatic heterocycles. The normalized spacial score (nSPS) is 26.0. The van der Waals surface area contributed by atoms with Gasteiger partial charge in [0.2, 0.25) is 5.78 Å². The van der Waals surface area contributed by atoms with Crippen LogP contribution in [0.25, 0.3) is 0 Å². The van der Waals surface area contributed by atoms with E-state index in [2.05, 4.69) is 10.5 Å². The highest BCUT2D eigenvalue weighted by Crippen LogP contribution is 2.56. The van der Waals surface area contributed by atoms with Crippen molar-refractivity contribution in [3.8, 4) is 11.6 Å². The van der Waals surface area contributed by atoms with E-state index in [0.29, 0.717) is 32.2 Å². The van der Waals surface area contributed by atoms with Crippen molar-refractivity contribution in [1.82, 2.24) is 15.4 Å². The molecule has 272 valence electrons. The van der Waals surface area contributed by atoms with Crippen LogP contribution in [0.2, 0.25) is 0 Å². The van der Waals surface area contributed by atoms with Crippen molar-refractivity contribution < 1.29 is 47.7 Å². The van der Waals surface area contributed by atoms with E-state index in [9.17, 15) is 24.6 Å². The first-order chi connectivity index (χ1) is 23.8. The monoisotopic (exact) mass is 697 g/mol. The number of nitrogens with one attached hydrogen (secondary N) is 1. The SMILES string of the molecule is CCCCOc1cc(C2CCCN2C(=O)OC(C)(C)C)c(F)c2c1C(=O)C1=C(O)[C@]3(O)C(=O)c4c(OCCCC)noc4[C@@H](NC)[C@@H]3C[C@@H]1C2. The number of carbonyl (C=O) groups excluding carboxylic acids is 3. The van der Waals surface area contributed by atoms with Crippen LogP contribution in [0.4, 0.5) is 9.18 Å². The Labute approximate surface area is 291 Å². The Bertz CT molecular complexity index is 1710. The van der Waals surface area contributed by atoms with Gasteiger partial charge in [0.1, 0.15) is 28.5 Å². The minimum Gasteiger partial charge on any atom is -0.508 e. The number of rotatable bonds is 10. The van der Waals surface area contributed by atoms with Crippen molar-refractivity contribution in [2.75, 3.05) is 26.8 Å². The number of aromatic nitrogens is 1. The molecule has 5 atom stereocenters. The van der Waals surface area contributed by atoms with E-state index in [1.165, 1.54) is 11.0 Å². The number of aliphatic hydroxyl groups is 2. The molecular weight excluding hydrogens is 649 g/mol. The summed E-state index contributed by atoms with van der Waals surface area (Å²) in [6.45, 7) is 10.2. The van der Waals surface area contributed by atoms with E-state index in [-0.39, 0.29) is 71.3 Å². The van der Waals surface area contributed by atoms with E-state index >= 15 is 4.39 Å². The summed E-state index contributed by atoms with van der Waals surface area (Å²) in [5, 5.41) is 31.2. The number of unbranched alkanes of at least 4 members (excludes halogenated alkanes) is 2. The van der Waals surface area contributed by atoms with Crippen molar-refractivity contribution in [3.05, 3.63) is 51.2 Å². The van der Waals surface area contributed by atoms with E-state index in [1.807, 2.05) is 13.8 Å². The third-order valence-electron chi connectivity index (χ3n) is 10.4. The van der Waals surface area contributed by atoms with Crippen LogP contribution in [0.5, 0.6) is 11.6 Å². The van der Waals surface area contributed by atoms with Crippen LogP contribution in [-0.2, 0) is 11.2 Å². The molecule has 1 amide bonds. The van der Waals surface area contributed by atoms with Crippen LogP contribution >= 0.6 is 0 Å². The van der Waals surface area contributed by atoms with Crippen molar-refractivity contribution in [2.24, 2.45) is 11.8 Å². The zero-order valence-corrected chi connectivity index (χ0v) is 29.7. The number of hydrogen-bond acceptors (Lipinski definition) is 11. The molecular formula is C37H48FN3O9. The molecule has 0 radical (unpaired) electrons. The lowest BCUT2D eigenvalue weighted by atomic mass is 9.58. The molecule has 13 heteroatoms. The number of allylic oxidation sites excluding steroid dienone is 1. The van der Waals surface area contributed by atoms with Crippen LogP contribution in [0.1, 0.15) is 129 Å². The largest absolute Gasteiger partial charge is 0.508 e. The third-order valence-corrected chi connectivity index (χ3v) is 10.4. The number of ketones is 2. The summed E-state index contributed by atoms with van der Waals surface area (Å²) in [7, 11) is 1.63. The van der Waals surface area contributed by atoms with Gasteiger partial charge in [-0.15, -0.1) is 0 Å². The van der Waals surface area contributed by atoms with Crippen molar-refractivity contribution in [1.29, 1.82) is 0 Å². The van der Waals surface area contributed by atoms with Gasteiger partial charge in [0.25, 0.3) is 5.88 Å². The number of hydrogen-bond donors (Lipinski definition) is 3. The second kappa shape index (κ2) is 13.6. The Hall–Kier alpha value is -3.97.